The SMILES string of the molecule is CCC(C)c1ccc(NC(=NCc2ccncc2)NC(=O)c2cc(OC)cc(OC)c2)cc1. The summed E-state index contributed by atoms with van der Waals surface area (Å²) < 4.78 is 10.6. The molecule has 1 aromatic heterocycles. The number of ether oxygens (including phenoxy) is 2. The second kappa shape index (κ2) is 11.7. The zero-order chi connectivity index (χ0) is 23.6. The first kappa shape index (κ1) is 23.8. The number of rotatable bonds is 8. The second-order valence-corrected chi connectivity index (χ2v) is 7.63. The summed E-state index contributed by atoms with van der Waals surface area (Å²) in [5.74, 6) is 1.56. The number of hydrogen-bond acceptors (Lipinski definition) is 5. The van der Waals surface area contributed by atoms with Gasteiger partial charge in [0.25, 0.3) is 5.91 Å². The molecule has 2 aromatic carbocycles. The molecule has 0 fully saturated rings. The molecule has 3 aromatic rings. The molecule has 172 valence electrons. The zero-order valence-electron chi connectivity index (χ0n) is 19.5. The van der Waals surface area contributed by atoms with Crippen molar-refractivity contribution in [3.05, 3.63) is 83.7 Å². The Balaban J connectivity index is 1.83. The number of nitrogens with zero attached hydrogens (tertiary/aromatic N) is 2. The number of methoxy groups -OCH3 is 2. The highest BCUT2D eigenvalue weighted by Gasteiger charge is 2.13. The van der Waals surface area contributed by atoms with Gasteiger partial charge in [-0.1, -0.05) is 26.0 Å². The predicted molar refractivity (Wildman–Crippen MR) is 131 cm³/mol. The number of carbonyl (C=O) groups excluding carboxylic acids is 1. The lowest BCUT2D eigenvalue weighted by molar-refractivity contribution is 0.0976. The summed E-state index contributed by atoms with van der Waals surface area (Å²) in [5, 5.41) is 6.11. The Morgan fingerprint density at radius 3 is 2.21 bits per heavy atom. The third kappa shape index (κ3) is 6.80. The molecular formula is C26H30N4O3. The summed E-state index contributed by atoms with van der Waals surface area (Å²) in [6.45, 7) is 4.76. The molecule has 1 heterocycles. The Kier molecular flexibility index (Phi) is 8.41. The summed E-state index contributed by atoms with van der Waals surface area (Å²) in [7, 11) is 3.09. The summed E-state index contributed by atoms with van der Waals surface area (Å²) in [4.78, 5) is 21.7. The van der Waals surface area contributed by atoms with Gasteiger partial charge in [0.15, 0.2) is 0 Å². The third-order valence-electron chi connectivity index (χ3n) is 5.37. The monoisotopic (exact) mass is 446 g/mol. The van der Waals surface area contributed by atoms with Crippen LogP contribution >= 0.6 is 0 Å². The Morgan fingerprint density at radius 1 is 1.00 bits per heavy atom. The van der Waals surface area contributed by atoms with Crippen LogP contribution in [0, 0.1) is 0 Å². The minimum Gasteiger partial charge on any atom is -0.497 e. The van der Waals surface area contributed by atoms with Gasteiger partial charge in [0.1, 0.15) is 11.5 Å². The van der Waals surface area contributed by atoms with Crippen LogP contribution in [0.2, 0.25) is 0 Å². The molecule has 3 rings (SSSR count). The summed E-state index contributed by atoms with van der Waals surface area (Å²) in [6, 6.07) is 16.9. The van der Waals surface area contributed by atoms with Gasteiger partial charge < -0.3 is 14.8 Å². The van der Waals surface area contributed by atoms with E-state index in [-0.39, 0.29) is 5.91 Å². The lowest BCUT2D eigenvalue weighted by Crippen LogP contribution is -2.36. The van der Waals surface area contributed by atoms with Crippen LogP contribution in [0.4, 0.5) is 5.69 Å². The molecule has 0 saturated heterocycles. The van der Waals surface area contributed by atoms with Crippen molar-refractivity contribution in [1.82, 2.24) is 10.3 Å². The molecule has 0 aliphatic carbocycles. The number of carbonyl (C=O) groups is 1. The minimum atomic E-state index is -0.329. The van der Waals surface area contributed by atoms with Crippen molar-refractivity contribution < 1.29 is 14.3 Å². The topological polar surface area (TPSA) is 84.8 Å². The summed E-state index contributed by atoms with van der Waals surface area (Å²) in [6.07, 6.45) is 4.50. The van der Waals surface area contributed by atoms with Gasteiger partial charge in [-0.25, -0.2) is 4.99 Å². The van der Waals surface area contributed by atoms with Crippen LogP contribution in [0.15, 0.2) is 72.0 Å². The number of benzene rings is 2. The number of guanidine groups is 1. The Hall–Kier alpha value is -3.87. The largest absolute Gasteiger partial charge is 0.497 e. The molecule has 0 radical (unpaired) electrons. The van der Waals surface area contributed by atoms with Crippen LogP contribution < -0.4 is 20.1 Å². The first-order chi connectivity index (χ1) is 16.0. The maximum absolute atomic E-state index is 13.0. The Morgan fingerprint density at radius 2 is 1.64 bits per heavy atom. The van der Waals surface area contributed by atoms with E-state index < -0.39 is 0 Å². The van der Waals surface area contributed by atoms with E-state index >= 15 is 0 Å². The van der Waals surface area contributed by atoms with E-state index in [1.807, 2.05) is 24.3 Å². The highest BCUT2D eigenvalue weighted by molar-refractivity contribution is 6.10. The van der Waals surface area contributed by atoms with Crippen molar-refractivity contribution in [2.24, 2.45) is 4.99 Å². The van der Waals surface area contributed by atoms with Crippen LogP contribution in [-0.2, 0) is 6.54 Å². The van der Waals surface area contributed by atoms with E-state index in [2.05, 4.69) is 46.6 Å². The lowest BCUT2D eigenvalue weighted by atomic mass is 9.99. The smallest absolute Gasteiger partial charge is 0.258 e. The Labute approximate surface area is 194 Å². The quantitative estimate of drug-likeness (QED) is 0.375. The van der Waals surface area contributed by atoms with Gasteiger partial charge >= 0.3 is 0 Å². The molecule has 33 heavy (non-hydrogen) atoms. The Bertz CT molecular complexity index is 1060. The van der Waals surface area contributed by atoms with E-state index in [1.54, 1.807) is 44.8 Å². The van der Waals surface area contributed by atoms with Crippen molar-refractivity contribution in [3.63, 3.8) is 0 Å². The molecule has 0 saturated carbocycles. The standard InChI is InChI=1S/C26H30N4O3/c1-5-18(2)20-6-8-22(9-7-20)29-26(28-17-19-10-12-27-13-11-19)30-25(31)21-14-23(32-3)16-24(15-21)33-4/h6-16,18H,5,17H2,1-4H3,(H2,28,29,30,31). The van der Waals surface area contributed by atoms with E-state index in [9.17, 15) is 4.79 Å². The highest BCUT2D eigenvalue weighted by atomic mass is 16.5. The van der Waals surface area contributed by atoms with Crippen LogP contribution in [0.3, 0.4) is 0 Å². The second-order valence-electron chi connectivity index (χ2n) is 7.63. The molecule has 1 amide bonds. The van der Waals surface area contributed by atoms with E-state index in [0.29, 0.717) is 35.5 Å². The van der Waals surface area contributed by atoms with Gasteiger partial charge in [0, 0.05) is 29.7 Å². The average molecular weight is 447 g/mol. The van der Waals surface area contributed by atoms with Gasteiger partial charge in [-0.2, -0.15) is 0 Å². The third-order valence-corrected chi connectivity index (χ3v) is 5.37. The maximum Gasteiger partial charge on any atom is 0.258 e. The van der Waals surface area contributed by atoms with Gasteiger partial charge in [0.05, 0.1) is 20.8 Å². The van der Waals surface area contributed by atoms with E-state index in [4.69, 9.17) is 9.47 Å². The molecule has 7 nitrogen and oxygen atoms in total. The van der Waals surface area contributed by atoms with Crippen molar-refractivity contribution in [3.8, 4) is 11.5 Å². The lowest BCUT2D eigenvalue weighted by Gasteiger charge is -2.14. The van der Waals surface area contributed by atoms with E-state index in [1.165, 1.54) is 5.56 Å². The fourth-order valence-corrected chi connectivity index (χ4v) is 3.15. The number of nitrogens with one attached hydrogen (secondary N) is 2. The molecule has 2 N–H and O–H groups in total. The molecule has 0 bridgehead atoms. The van der Waals surface area contributed by atoms with Crippen molar-refractivity contribution in [2.75, 3.05) is 19.5 Å². The van der Waals surface area contributed by atoms with Crippen molar-refractivity contribution in [1.29, 1.82) is 0 Å². The predicted octanol–water partition coefficient (Wildman–Crippen LogP) is 5.01. The van der Waals surface area contributed by atoms with Gasteiger partial charge in [-0.05, 0) is 59.9 Å². The highest BCUT2D eigenvalue weighted by Crippen LogP contribution is 2.23. The first-order valence-corrected chi connectivity index (χ1v) is 10.9. The number of anilines is 1. The number of pyridine rings is 1. The molecule has 1 atom stereocenters. The molecular weight excluding hydrogens is 416 g/mol. The zero-order valence-corrected chi connectivity index (χ0v) is 19.5. The fourth-order valence-electron chi connectivity index (χ4n) is 3.15. The van der Waals surface area contributed by atoms with Crippen molar-refractivity contribution in [2.45, 2.75) is 32.7 Å². The van der Waals surface area contributed by atoms with Crippen LogP contribution in [-0.4, -0.2) is 31.1 Å². The molecule has 0 spiro atoms. The van der Waals surface area contributed by atoms with Gasteiger partial charge in [-0.3, -0.25) is 15.1 Å². The molecule has 7 heteroatoms. The van der Waals surface area contributed by atoms with Crippen LogP contribution in [0.5, 0.6) is 11.5 Å². The summed E-state index contributed by atoms with van der Waals surface area (Å²) in [5.41, 5.74) is 3.48. The maximum atomic E-state index is 13.0. The minimum absolute atomic E-state index is 0.329. The fraction of sp³-hybridized carbons (Fsp3) is 0.269. The number of aliphatic imine (C=N–C) groups is 1. The van der Waals surface area contributed by atoms with Crippen LogP contribution in [0.1, 0.15) is 47.7 Å². The summed E-state index contributed by atoms with van der Waals surface area (Å²) >= 11 is 0. The molecule has 1 unspecified atom stereocenters. The number of aromatic nitrogens is 1. The number of hydrogen-bond donors (Lipinski definition) is 2. The first-order valence-electron chi connectivity index (χ1n) is 10.9. The number of amides is 1. The van der Waals surface area contributed by atoms with Gasteiger partial charge in [0.2, 0.25) is 5.96 Å². The van der Waals surface area contributed by atoms with Gasteiger partial charge in [-0.15, -0.1) is 0 Å². The van der Waals surface area contributed by atoms with Crippen LogP contribution in [0.25, 0.3) is 0 Å². The molecule has 0 aliphatic rings. The molecule has 0 aliphatic heterocycles. The van der Waals surface area contributed by atoms with E-state index in [0.717, 1.165) is 17.7 Å². The average Bonchev–Trinajstić information content (AvgIpc) is 2.87. The normalized spacial score (nSPS) is 12.1. The van der Waals surface area contributed by atoms with Crippen molar-refractivity contribution >= 4 is 17.6 Å².